The fraction of sp³-hybridized carbons (Fsp3) is 0.250. The number of para-hydroxylation sites is 1. The van der Waals surface area contributed by atoms with Crippen LogP contribution < -0.4 is 9.47 Å². The molecule has 1 aromatic heterocycles. The Morgan fingerprint density at radius 2 is 1.88 bits per heavy atom. The zero-order valence-electron chi connectivity index (χ0n) is 17.5. The molecule has 3 aromatic rings. The summed E-state index contributed by atoms with van der Waals surface area (Å²) in [5.41, 5.74) is 1.73. The van der Waals surface area contributed by atoms with Crippen molar-refractivity contribution in [1.29, 1.82) is 0 Å². The number of fused-ring (bicyclic) bond motifs is 1. The van der Waals surface area contributed by atoms with Crippen molar-refractivity contribution in [2.24, 2.45) is 0 Å². The van der Waals surface area contributed by atoms with Crippen LogP contribution in [0.5, 0.6) is 10.8 Å². The molecule has 2 aromatic carbocycles. The number of hydrogen-bond donors (Lipinski definition) is 0. The highest BCUT2D eigenvalue weighted by Crippen LogP contribution is 2.37. The summed E-state index contributed by atoms with van der Waals surface area (Å²) in [4.78, 5) is 28.0. The van der Waals surface area contributed by atoms with Crippen LogP contribution in [0.25, 0.3) is 0 Å². The Morgan fingerprint density at radius 3 is 2.62 bits per heavy atom. The molecular weight excluding hydrogens is 450 g/mol. The van der Waals surface area contributed by atoms with E-state index in [1.807, 2.05) is 47.4 Å². The Morgan fingerprint density at radius 1 is 1.12 bits per heavy atom. The van der Waals surface area contributed by atoms with Gasteiger partial charge in [0.05, 0.1) is 7.11 Å². The SMILES string of the molecule is COC(=O)C(c1ccccc1Cl)N1CCc2sc(OC(=O)COc3ccccc3)cc2C1. The van der Waals surface area contributed by atoms with Crippen molar-refractivity contribution in [3.8, 4) is 10.8 Å². The average molecular weight is 472 g/mol. The molecule has 166 valence electrons. The van der Waals surface area contributed by atoms with E-state index in [4.69, 9.17) is 25.8 Å². The van der Waals surface area contributed by atoms with Crippen LogP contribution in [0.3, 0.4) is 0 Å². The summed E-state index contributed by atoms with van der Waals surface area (Å²) in [6, 6.07) is 17.6. The van der Waals surface area contributed by atoms with Gasteiger partial charge in [0.1, 0.15) is 11.8 Å². The fourth-order valence-corrected chi connectivity index (χ4v) is 4.95. The summed E-state index contributed by atoms with van der Waals surface area (Å²) in [6.07, 6.45) is 0.732. The molecule has 1 atom stereocenters. The van der Waals surface area contributed by atoms with Gasteiger partial charge in [-0.1, -0.05) is 48.0 Å². The lowest BCUT2D eigenvalue weighted by Gasteiger charge is -2.33. The lowest BCUT2D eigenvalue weighted by atomic mass is 10.0. The maximum atomic E-state index is 12.6. The highest BCUT2D eigenvalue weighted by molar-refractivity contribution is 7.14. The number of ether oxygens (including phenoxy) is 3. The Bertz CT molecular complexity index is 1100. The summed E-state index contributed by atoms with van der Waals surface area (Å²) in [5, 5.41) is 1.04. The summed E-state index contributed by atoms with van der Waals surface area (Å²) in [6.45, 7) is 1.01. The third kappa shape index (κ3) is 5.12. The molecule has 4 rings (SSSR count). The fourth-order valence-electron chi connectivity index (χ4n) is 3.68. The minimum absolute atomic E-state index is 0.171. The molecule has 0 aliphatic carbocycles. The molecule has 0 N–H and O–H groups in total. The number of halogens is 1. The van der Waals surface area contributed by atoms with Gasteiger partial charge < -0.3 is 14.2 Å². The van der Waals surface area contributed by atoms with E-state index in [0.717, 1.165) is 16.9 Å². The van der Waals surface area contributed by atoms with Crippen LogP contribution in [0.2, 0.25) is 5.02 Å². The molecule has 32 heavy (non-hydrogen) atoms. The van der Waals surface area contributed by atoms with Crippen molar-refractivity contribution >= 4 is 34.9 Å². The molecule has 0 saturated carbocycles. The summed E-state index contributed by atoms with van der Waals surface area (Å²) in [7, 11) is 1.38. The minimum Gasteiger partial charge on any atom is -0.482 e. The zero-order chi connectivity index (χ0) is 22.5. The minimum atomic E-state index is -0.605. The number of benzene rings is 2. The zero-order valence-corrected chi connectivity index (χ0v) is 19.0. The third-order valence-corrected chi connectivity index (χ3v) is 6.64. The Balaban J connectivity index is 1.44. The van der Waals surface area contributed by atoms with E-state index in [9.17, 15) is 9.59 Å². The molecule has 1 aliphatic rings. The van der Waals surface area contributed by atoms with Crippen molar-refractivity contribution in [1.82, 2.24) is 4.90 Å². The van der Waals surface area contributed by atoms with Crippen LogP contribution in [-0.4, -0.2) is 37.1 Å². The second kappa shape index (κ2) is 10.2. The van der Waals surface area contributed by atoms with Gasteiger partial charge in [0.25, 0.3) is 0 Å². The number of hydrogen-bond acceptors (Lipinski definition) is 7. The number of carbonyl (C=O) groups excluding carboxylic acids is 2. The van der Waals surface area contributed by atoms with E-state index < -0.39 is 12.0 Å². The smallest absolute Gasteiger partial charge is 0.350 e. The monoisotopic (exact) mass is 471 g/mol. The first kappa shape index (κ1) is 22.3. The molecule has 0 spiro atoms. The first-order chi connectivity index (χ1) is 15.5. The van der Waals surface area contributed by atoms with Gasteiger partial charge in [-0.3, -0.25) is 4.90 Å². The Hall–Kier alpha value is -2.87. The maximum absolute atomic E-state index is 12.6. The van der Waals surface area contributed by atoms with E-state index in [1.165, 1.54) is 18.4 Å². The van der Waals surface area contributed by atoms with Gasteiger partial charge in [0.15, 0.2) is 11.7 Å². The Labute approximate surface area is 195 Å². The van der Waals surface area contributed by atoms with E-state index >= 15 is 0 Å². The molecular formula is C24H22ClNO5S. The Kier molecular flexibility index (Phi) is 7.09. The molecule has 0 saturated heterocycles. The third-order valence-electron chi connectivity index (χ3n) is 5.18. The molecule has 0 radical (unpaired) electrons. The lowest BCUT2D eigenvalue weighted by Crippen LogP contribution is -2.38. The second-order valence-electron chi connectivity index (χ2n) is 7.26. The van der Waals surface area contributed by atoms with Crippen molar-refractivity contribution < 1.29 is 23.8 Å². The summed E-state index contributed by atoms with van der Waals surface area (Å²) < 4.78 is 16.0. The van der Waals surface area contributed by atoms with Crippen molar-refractivity contribution in [3.05, 3.63) is 81.7 Å². The molecule has 1 unspecified atom stereocenters. The number of thiophene rings is 1. The highest BCUT2D eigenvalue weighted by atomic mass is 35.5. The summed E-state index contributed by atoms with van der Waals surface area (Å²) in [5.74, 6) is -0.215. The number of carbonyl (C=O) groups is 2. The number of rotatable bonds is 7. The van der Waals surface area contributed by atoms with Crippen LogP contribution in [0.15, 0.2) is 60.7 Å². The van der Waals surface area contributed by atoms with E-state index in [2.05, 4.69) is 0 Å². The van der Waals surface area contributed by atoms with Gasteiger partial charge in [-0.2, -0.15) is 0 Å². The molecule has 8 heteroatoms. The van der Waals surface area contributed by atoms with Crippen LogP contribution >= 0.6 is 22.9 Å². The van der Waals surface area contributed by atoms with Gasteiger partial charge >= 0.3 is 11.9 Å². The van der Waals surface area contributed by atoms with Crippen LogP contribution in [0.4, 0.5) is 0 Å². The van der Waals surface area contributed by atoms with Crippen molar-refractivity contribution in [2.45, 2.75) is 19.0 Å². The van der Waals surface area contributed by atoms with Gasteiger partial charge in [0.2, 0.25) is 0 Å². The van der Waals surface area contributed by atoms with E-state index in [0.29, 0.717) is 34.5 Å². The first-order valence-electron chi connectivity index (χ1n) is 10.1. The molecule has 2 heterocycles. The van der Waals surface area contributed by atoms with Gasteiger partial charge in [-0.25, -0.2) is 9.59 Å². The standard InChI is InChI=1S/C24H22ClNO5S/c1-29-24(28)23(18-9-5-6-10-19(18)25)26-12-11-20-16(14-26)13-22(32-20)31-21(27)15-30-17-7-3-2-4-8-17/h2-10,13,23H,11-12,14-15H2,1H3. The van der Waals surface area contributed by atoms with E-state index in [-0.39, 0.29) is 12.6 Å². The number of nitrogens with zero attached hydrogens (tertiary/aromatic N) is 1. The molecule has 6 nitrogen and oxygen atoms in total. The predicted octanol–water partition coefficient (Wildman–Crippen LogP) is 4.66. The van der Waals surface area contributed by atoms with Crippen LogP contribution in [-0.2, 0) is 27.3 Å². The van der Waals surface area contributed by atoms with Gasteiger partial charge in [-0.05, 0) is 41.8 Å². The quantitative estimate of drug-likeness (QED) is 0.467. The van der Waals surface area contributed by atoms with Crippen LogP contribution in [0, 0.1) is 0 Å². The predicted molar refractivity (Wildman–Crippen MR) is 122 cm³/mol. The second-order valence-corrected chi connectivity index (χ2v) is 8.76. The van der Waals surface area contributed by atoms with Crippen LogP contribution in [0.1, 0.15) is 22.0 Å². The topological polar surface area (TPSA) is 65.1 Å². The molecule has 0 fully saturated rings. The first-order valence-corrected chi connectivity index (χ1v) is 11.3. The molecule has 1 aliphatic heterocycles. The van der Waals surface area contributed by atoms with Gasteiger partial charge in [-0.15, -0.1) is 11.3 Å². The number of methoxy groups -OCH3 is 1. The van der Waals surface area contributed by atoms with Crippen molar-refractivity contribution in [2.75, 3.05) is 20.3 Å². The average Bonchev–Trinajstić information content (AvgIpc) is 3.21. The number of esters is 2. The van der Waals surface area contributed by atoms with E-state index in [1.54, 1.807) is 18.2 Å². The van der Waals surface area contributed by atoms with Crippen molar-refractivity contribution in [3.63, 3.8) is 0 Å². The maximum Gasteiger partial charge on any atom is 0.350 e. The highest BCUT2D eigenvalue weighted by Gasteiger charge is 2.33. The normalized spacial score (nSPS) is 14.3. The lowest BCUT2D eigenvalue weighted by molar-refractivity contribution is -0.147. The summed E-state index contributed by atoms with van der Waals surface area (Å²) >= 11 is 7.82. The largest absolute Gasteiger partial charge is 0.482 e. The molecule has 0 bridgehead atoms. The molecule has 0 amide bonds. The van der Waals surface area contributed by atoms with Gasteiger partial charge in [0, 0.05) is 23.0 Å².